The SMILES string of the molecule is Cc1nc([C@@H]2CCN(C(=O)CN3CCCCC3)C2)ncc1C(=O)Nc1ccc(Cl)cc1. The predicted molar refractivity (Wildman–Crippen MR) is 120 cm³/mol. The van der Waals surface area contributed by atoms with E-state index < -0.39 is 0 Å². The number of hydrogen-bond acceptors (Lipinski definition) is 5. The predicted octanol–water partition coefficient (Wildman–Crippen LogP) is 3.49. The Morgan fingerprint density at radius 2 is 1.87 bits per heavy atom. The number of carbonyl (C=O) groups excluding carboxylic acids is 2. The molecule has 2 fully saturated rings. The van der Waals surface area contributed by atoms with Crippen LogP contribution in [-0.2, 0) is 4.79 Å². The van der Waals surface area contributed by atoms with Crippen molar-refractivity contribution in [2.24, 2.45) is 0 Å². The summed E-state index contributed by atoms with van der Waals surface area (Å²) in [5, 5.41) is 3.45. The number of nitrogens with zero attached hydrogens (tertiary/aromatic N) is 4. The Morgan fingerprint density at radius 1 is 1.13 bits per heavy atom. The molecule has 1 atom stereocenters. The molecule has 1 aromatic heterocycles. The third-order valence-electron chi connectivity index (χ3n) is 6.06. The third-order valence-corrected chi connectivity index (χ3v) is 6.31. The number of aromatic nitrogens is 2. The van der Waals surface area contributed by atoms with Crippen LogP contribution in [-0.4, -0.2) is 64.3 Å². The van der Waals surface area contributed by atoms with Crippen LogP contribution in [0.3, 0.4) is 0 Å². The van der Waals surface area contributed by atoms with Gasteiger partial charge in [-0.3, -0.25) is 14.5 Å². The lowest BCUT2D eigenvalue weighted by molar-refractivity contribution is -0.131. The van der Waals surface area contributed by atoms with Gasteiger partial charge in [-0.25, -0.2) is 9.97 Å². The summed E-state index contributed by atoms with van der Waals surface area (Å²) in [6.45, 7) is 5.74. The maximum Gasteiger partial charge on any atom is 0.259 e. The second-order valence-corrected chi connectivity index (χ2v) is 8.79. The van der Waals surface area contributed by atoms with E-state index in [0.717, 1.165) is 26.1 Å². The van der Waals surface area contributed by atoms with Gasteiger partial charge in [-0.2, -0.15) is 0 Å². The third kappa shape index (κ3) is 5.40. The van der Waals surface area contributed by atoms with Crippen molar-refractivity contribution in [3.63, 3.8) is 0 Å². The van der Waals surface area contributed by atoms with Crippen LogP contribution in [0.5, 0.6) is 0 Å². The largest absolute Gasteiger partial charge is 0.341 e. The number of hydrogen-bond donors (Lipinski definition) is 1. The highest BCUT2D eigenvalue weighted by molar-refractivity contribution is 6.30. The fourth-order valence-electron chi connectivity index (χ4n) is 4.24. The second kappa shape index (κ2) is 9.75. The molecule has 0 saturated carbocycles. The summed E-state index contributed by atoms with van der Waals surface area (Å²) in [4.78, 5) is 38.5. The smallest absolute Gasteiger partial charge is 0.259 e. The van der Waals surface area contributed by atoms with Crippen molar-refractivity contribution >= 4 is 29.1 Å². The molecule has 8 heteroatoms. The zero-order valence-corrected chi connectivity index (χ0v) is 18.6. The van der Waals surface area contributed by atoms with Crippen LogP contribution < -0.4 is 5.32 Å². The highest BCUT2D eigenvalue weighted by Gasteiger charge is 2.30. The van der Waals surface area contributed by atoms with E-state index in [0.29, 0.717) is 40.9 Å². The molecule has 3 heterocycles. The Hall–Kier alpha value is -2.51. The molecule has 1 aromatic carbocycles. The zero-order valence-electron chi connectivity index (χ0n) is 17.8. The molecule has 1 N–H and O–H groups in total. The summed E-state index contributed by atoms with van der Waals surface area (Å²) in [6, 6.07) is 6.95. The molecule has 2 amide bonds. The number of likely N-dealkylation sites (tertiary alicyclic amines) is 2. The minimum Gasteiger partial charge on any atom is -0.341 e. The maximum absolute atomic E-state index is 12.7. The number of amides is 2. The van der Waals surface area contributed by atoms with Gasteiger partial charge in [0.15, 0.2) is 0 Å². The number of rotatable bonds is 5. The van der Waals surface area contributed by atoms with Crippen molar-refractivity contribution in [2.75, 3.05) is 38.0 Å². The summed E-state index contributed by atoms with van der Waals surface area (Å²) in [6.07, 6.45) is 6.06. The van der Waals surface area contributed by atoms with Gasteiger partial charge in [0.25, 0.3) is 5.91 Å². The number of benzene rings is 1. The van der Waals surface area contributed by atoms with Crippen molar-refractivity contribution in [1.29, 1.82) is 0 Å². The monoisotopic (exact) mass is 441 g/mol. The number of aryl methyl sites for hydroxylation is 1. The molecule has 0 unspecified atom stereocenters. The first-order valence-corrected chi connectivity index (χ1v) is 11.3. The molecule has 7 nitrogen and oxygen atoms in total. The van der Waals surface area contributed by atoms with E-state index in [-0.39, 0.29) is 17.7 Å². The summed E-state index contributed by atoms with van der Waals surface area (Å²) < 4.78 is 0. The van der Waals surface area contributed by atoms with E-state index >= 15 is 0 Å². The zero-order chi connectivity index (χ0) is 21.8. The molecule has 0 bridgehead atoms. The molecule has 2 aromatic rings. The van der Waals surface area contributed by atoms with Crippen molar-refractivity contribution in [3.05, 3.63) is 52.6 Å². The summed E-state index contributed by atoms with van der Waals surface area (Å²) in [5.41, 5.74) is 1.74. The lowest BCUT2D eigenvalue weighted by Gasteiger charge is -2.27. The van der Waals surface area contributed by atoms with Crippen LogP contribution >= 0.6 is 11.6 Å². The van der Waals surface area contributed by atoms with Crippen molar-refractivity contribution in [3.8, 4) is 0 Å². The maximum atomic E-state index is 12.7. The van der Waals surface area contributed by atoms with E-state index in [9.17, 15) is 9.59 Å². The minimum absolute atomic E-state index is 0.109. The van der Waals surface area contributed by atoms with E-state index in [1.165, 1.54) is 19.3 Å². The van der Waals surface area contributed by atoms with Crippen LogP contribution in [0.4, 0.5) is 5.69 Å². The summed E-state index contributed by atoms with van der Waals surface area (Å²) in [5.74, 6) is 0.752. The van der Waals surface area contributed by atoms with E-state index in [4.69, 9.17) is 11.6 Å². The summed E-state index contributed by atoms with van der Waals surface area (Å²) in [7, 11) is 0. The lowest BCUT2D eigenvalue weighted by atomic mass is 10.1. The van der Waals surface area contributed by atoms with E-state index in [1.54, 1.807) is 30.5 Å². The molecule has 0 radical (unpaired) electrons. The van der Waals surface area contributed by atoms with Gasteiger partial charge in [0.2, 0.25) is 5.91 Å². The van der Waals surface area contributed by atoms with Gasteiger partial charge in [0, 0.05) is 35.9 Å². The highest BCUT2D eigenvalue weighted by atomic mass is 35.5. The number of halogens is 1. The standard InChI is InChI=1S/C23H28ClN5O2/c1-16-20(23(31)27-19-7-5-18(24)6-8-19)13-25-22(26-16)17-9-12-29(14-17)21(30)15-28-10-3-2-4-11-28/h5-8,13,17H,2-4,9-12,14-15H2,1H3,(H,27,31)/t17-/m1/s1. The lowest BCUT2D eigenvalue weighted by Crippen LogP contribution is -2.41. The Kier molecular flexibility index (Phi) is 6.83. The molecule has 4 rings (SSSR count). The number of nitrogens with one attached hydrogen (secondary N) is 1. The van der Waals surface area contributed by atoms with Gasteiger partial charge < -0.3 is 10.2 Å². The highest BCUT2D eigenvalue weighted by Crippen LogP contribution is 2.26. The Balaban J connectivity index is 1.36. The normalized spacial score (nSPS) is 19.4. The first-order chi connectivity index (χ1) is 15.0. The topological polar surface area (TPSA) is 78.4 Å². The van der Waals surface area contributed by atoms with Crippen molar-refractivity contribution < 1.29 is 9.59 Å². The molecule has 0 aliphatic carbocycles. The van der Waals surface area contributed by atoms with E-state index in [2.05, 4.69) is 20.2 Å². The summed E-state index contributed by atoms with van der Waals surface area (Å²) >= 11 is 5.89. The molecule has 2 aliphatic heterocycles. The Bertz CT molecular complexity index is 943. The molecule has 0 spiro atoms. The van der Waals surface area contributed by atoms with Gasteiger partial charge in [0.05, 0.1) is 17.8 Å². The van der Waals surface area contributed by atoms with Crippen LogP contribution in [0.2, 0.25) is 5.02 Å². The van der Waals surface area contributed by atoms with Crippen molar-refractivity contribution in [1.82, 2.24) is 19.8 Å². The van der Waals surface area contributed by atoms with Crippen molar-refractivity contribution in [2.45, 2.75) is 38.5 Å². The first-order valence-electron chi connectivity index (χ1n) is 10.9. The first kappa shape index (κ1) is 21.7. The van der Waals surface area contributed by atoms with Gasteiger partial charge in [-0.1, -0.05) is 18.0 Å². The fraction of sp³-hybridized carbons (Fsp3) is 0.478. The Morgan fingerprint density at radius 3 is 2.58 bits per heavy atom. The van der Waals surface area contributed by atoms with Crippen LogP contribution in [0.1, 0.15) is 53.5 Å². The molecule has 31 heavy (non-hydrogen) atoms. The molecule has 164 valence electrons. The number of anilines is 1. The molecular weight excluding hydrogens is 414 g/mol. The fourth-order valence-corrected chi connectivity index (χ4v) is 4.37. The van der Waals surface area contributed by atoms with Crippen LogP contribution in [0, 0.1) is 6.92 Å². The molecular formula is C23H28ClN5O2. The second-order valence-electron chi connectivity index (χ2n) is 8.35. The quantitative estimate of drug-likeness (QED) is 0.768. The van der Waals surface area contributed by atoms with Crippen LogP contribution in [0.25, 0.3) is 0 Å². The number of carbonyl (C=O) groups is 2. The number of piperidine rings is 1. The molecule has 2 aliphatic rings. The average molecular weight is 442 g/mol. The van der Waals surface area contributed by atoms with E-state index in [1.807, 2.05) is 11.8 Å². The van der Waals surface area contributed by atoms with Gasteiger partial charge in [0.1, 0.15) is 5.82 Å². The van der Waals surface area contributed by atoms with Gasteiger partial charge in [-0.15, -0.1) is 0 Å². The van der Waals surface area contributed by atoms with Gasteiger partial charge in [-0.05, 0) is 63.5 Å². The Labute approximate surface area is 187 Å². The van der Waals surface area contributed by atoms with Gasteiger partial charge >= 0.3 is 0 Å². The molecule has 2 saturated heterocycles. The average Bonchev–Trinajstić information content (AvgIpc) is 3.26. The van der Waals surface area contributed by atoms with Crippen LogP contribution in [0.15, 0.2) is 30.5 Å². The minimum atomic E-state index is -0.254.